The van der Waals surface area contributed by atoms with E-state index < -0.39 is 29.9 Å². The summed E-state index contributed by atoms with van der Waals surface area (Å²) in [4.78, 5) is 12.0. The lowest BCUT2D eigenvalue weighted by Crippen LogP contribution is -2.60. The van der Waals surface area contributed by atoms with E-state index in [0.29, 0.717) is 34.1 Å². The Balaban J connectivity index is 1.34. The normalized spacial score (nSPS) is 54.3. The van der Waals surface area contributed by atoms with Crippen LogP contribution in [0, 0.1) is 50.7 Å². The molecule has 1 aliphatic heterocycles. The monoisotopic (exact) mass is 545 g/mol. The van der Waals surface area contributed by atoms with Gasteiger partial charge in [0.15, 0.2) is 6.10 Å². The van der Waals surface area contributed by atoms with Gasteiger partial charge in [0, 0.05) is 18.4 Å². The first kappa shape index (κ1) is 28.4. The van der Waals surface area contributed by atoms with Gasteiger partial charge < -0.3 is 25.0 Å². The van der Waals surface area contributed by atoms with E-state index in [2.05, 4.69) is 47.0 Å². The standard InChI is InChI=1S/C33H55NO5/c1-18-16-20(27(29(5,6)37)38-19(2)35)39-25-24(18)30(7)14-15-33-17-32(33)13-12-23(34-9)28(3,4)21(32)10-11-22(33)31(30,8)26(25)36/h18,20-27,34,36-37H,10-17H2,1-9H3/t18-,20-,21+,22+,23+,24+,25+,26+,27+,30-,31-,32-,33+/m1/s1. The number of carbonyl (C=O) groups is 1. The van der Waals surface area contributed by atoms with Crippen LogP contribution in [-0.2, 0) is 14.3 Å². The summed E-state index contributed by atoms with van der Waals surface area (Å²) in [5, 5.41) is 27.0. The van der Waals surface area contributed by atoms with Crippen LogP contribution >= 0.6 is 0 Å². The number of hydrogen-bond donors (Lipinski definition) is 3. The molecule has 2 spiro atoms. The molecule has 1 heterocycles. The highest BCUT2D eigenvalue weighted by molar-refractivity contribution is 5.66. The summed E-state index contributed by atoms with van der Waals surface area (Å²) in [6.45, 7) is 17.0. The summed E-state index contributed by atoms with van der Waals surface area (Å²) in [5.41, 5.74) is -0.370. The fourth-order valence-electron chi connectivity index (χ4n) is 12.9. The Morgan fingerprint density at radius 1 is 1.05 bits per heavy atom. The molecule has 0 amide bonds. The maximum absolute atomic E-state index is 12.4. The van der Waals surface area contributed by atoms with Gasteiger partial charge in [-0.05, 0) is 118 Å². The maximum atomic E-state index is 12.4. The number of aliphatic hydroxyl groups is 2. The zero-order chi connectivity index (χ0) is 28.6. The van der Waals surface area contributed by atoms with Gasteiger partial charge in [-0.3, -0.25) is 4.79 Å². The fraction of sp³-hybridized carbons (Fsp3) is 0.970. The van der Waals surface area contributed by atoms with Crippen molar-refractivity contribution >= 4 is 5.97 Å². The molecular weight excluding hydrogens is 490 g/mol. The van der Waals surface area contributed by atoms with Crippen molar-refractivity contribution in [1.82, 2.24) is 5.32 Å². The molecule has 13 atom stereocenters. The second-order valence-electron chi connectivity index (χ2n) is 16.6. The van der Waals surface area contributed by atoms with Gasteiger partial charge in [-0.1, -0.05) is 34.6 Å². The van der Waals surface area contributed by atoms with Crippen LogP contribution in [0.5, 0.6) is 0 Å². The van der Waals surface area contributed by atoms with Crippen LogP contribution < -0.4 is 5.32 Å². The lowest BCUT2D eigenvalue weighted by Gasteiger charge is -2.64. The molecule has 222 valence electrons. The molecule has 39 heavy (non-hydrogen) atoms. The molecule has 6 rings (SSSR count). The second-order valence-corrected chi connectivity index (χ2v) is 16.6. The van der Waals surface area contributed by atoms with Crippen molar-refractivity contribution in [3.63, 3.8) is 0 Å². The third kappa shape index (κ3) is 3.38. The number of hydrogen-bond acceptors (Lipinski definition) is 6. The highest BCUT2D eigenvalue weighted by atomic mass is 16.6. The minimum atomic E-state index is -1.23. The molecule has 0 unspecified atom stereocenters. The molecule has 0 radical (unpaired) electrons. The molecule has 1 saturated heterocycles. The molecule has 6 heteroatoms. The number of esters is 1. The summed E-state index contributed by atoms with van der Waals surface area (Å²) in [6, 6.07) is 0.582. The zero-order valence-corrected chi connectivity index (χ0v) is 26.0. The smallest absolute Gasteiger partial charge is 0.303 e. The number of carbonyl (C=O) groups excluding carboxylic acids is 1. The molecule has 5 saturated carbocycles. The zero-order valence-electron chi connectivity index (χ0n) is 26.0. The first-order chi connectivity index (χ1) is 18.0. The topological polar surface area (TPSA) is 88.0 Å². The van der Waals surface area contributed by atoms with E-state index in [9.17, 15) is 15.0 Å². The average Bonchev–Trinajstić information content (AvgIpc) is 3.46. The molecule has 6 fully saturated rings. The summed E-state index contributed by atoms with van der Waals surface area (Å²) >= 11 is 0. The van der Waals surface area contributed by atoms with Gasteiger partial charge in [0.2, 0.25) is 0 Å². The van der Waals surface area contributed by atoms with Gasteiger partial charge in [0.1, 0.15) is 0 Å². The molecule has 3 N–H and O–H groups in total. The van der Waals surface area contributed by atoms with Crippen molar-refractivity contribution in [3.8, 4) is 0 Å². The minimum absolute atomic E-state index is 0.00262. The van der Waals surface area contributed by atoms with Crippen molar-refractivity contribution < 1.29 is 24.5 Å². The Kier molecular flexibility index (Phi) is 6.16. The highest BCUT2D eigenvalue weighted by Gasteiger charge is 2.84. The van der Waals surface area contributed by atoms with E-state index >= 15 is 0 Å². The van der Waals surface area contributed by atoms with Crippen LogP contribution in [0.15, 0.2) is 0 Å². The predicted octanol–water partition coefficient (Wildman–Crippen LogP) is 5.09. The SMILES string of the molecule is CN[C@H]1CC[C@]23C[C@]24CC[C@]2(C)[C@@H]5[C@H](O[C@@H]([C@H](OC(C)=O)C(C)(C)O)C[C@H]5C)[C@H](O)[C@@]2(C)[C@@H]4CC[C@H]3C1(C)C. The Morgan fingerprint density at radius 3 is 2.31 bits per heavy atom. The minimum Gasteiger partial charge on any atom is -0.457 e. The van der Waals surface area contributed by atoms with Gasteiger partial charge in [-0.15, -0.1) is 0 Å². The molecule has 0 aromatic heterocycles. The van der Waals surface area contributed by atoms with Crippen molar-refractivity contribution in [2.45, 2.75) is 143 Å². The number of fused-ring (bicyclic) bond motifs is 4. The largest absolute Gasteiger partial charge is 0.457 e. The number of nitrogens with one attached hydrogen (secondary N) is 1. The van der Waals surface area contributed by atoms with Gasteiger partial charge in [-0.2, -0.15) is 0 Å². The van der Waals surface area contributed by atoms with E-state index in [1.165, 1.54) is 45.4 Å². The summed E-state index contributed by atoms with van der Waals surface area (Å²) in [5.74, 6) is 1.41. The molecule has 6 aliphatic rings. The van der Waals surface area contributed by atoms with Crippen LogP contribution in [0.25, 0.3) is 0 Å². The molecular formula is C33H55NO5. The molecule has 5 aliphatic carbocycles. The Labute approximate surface area is 236 Å². The lowest BCUT2D eigenvalue weighted by atomic mass is 9.41. The van der Waals surface area contributed by atoms with Crippen LogP contribution in [0.1, 0.15) is 107 Å². The van der Waals surface area contributed by atoms with E-state index in [1.54, 1.807) is 13.8 Å². The fourth-order valence-corrected chi connectivity index (χ4v) is 12.9. The predicted molar refractivity (Wildman–Crippen MR) is 151 cm³/mol. The van der Waals surface area contributed by atoms with E-state index in [0.717, 1.165) is 18.8 Å². The highest BCUT2D eigenvalue weighted by Crippen LogP contribution is 2.89. The van der Waals surface area contributed by atoms with Crippen molar-refractivity contribution in [2.24, 2.45) is 50.7 Å². The third-order valence-corrected chi connectivity index (χ3v) is 14.5. The van der Waals surface area contributed by atoms with Gasteiger partial charge in [0.25, 0.3) is 0 Å². The molecule has 0 bridgehead atoms. The molecule has 0 aromatic carbocycles. The van der Waals surface area contributed by atoms with Crippen LogP contribution in [0.3, 0.4) is 0 Å². The van der Waals surface area contributed by atoms with Crippen molar-refractivity contribution in [2.75, 3.05) is 7.05 Å². The van der Waals surface area contributed by atoms with Gasteiger partial charge >= 0.3 is 5.97 Å². The first-order valence-corrected chi connectivity index (χ1v) is 15.9. The van der Waals surface area contributed by atoms with Gasteiger partial charge in [-0.25, -0.2) is 0 Å². The van der Waals surface area contributed by atoms with E-state index in [1.807, 2.05) is 0 Å². The summed E-state index contributed by atoms with van der Waals surface area (Å²) in [6.07, 6.45) is 7.50. The number of aliphatic hydroxyl groups excluding tert-OH is 1. The Bertz CT molecular complexity index is 1020. The van der Waals surface area contributed by atoms with E-state index in [-0.39, 0.29) is 22.9 Å². The van der Waals surface area contributed by atoms with Crippen molar-refractivity contribution in [3.05, 3.63) is 0 Å². The lowest BCUT2D eigenvalue weighted by molar-refractivity contribution is -0.216. The molecule has 0 aromatic rings. The van der Waals surface area contributed by atoms with Gasteiger partial charge in [0.05, 0.1) is 23.9 Å². The van der Waals surface area contributed by atoms with Crippen LogP contribution in [-0.4, -0.2) is 59.3 Å². The maximum Gasteiger partial charge on any atom is 0.303 e. The number of rotatable bonds is 4. The molecule has 6 nitrogen and oxygen atoms in total. The second kappa shape index (κ2) is 8.45. The van der Waals surface area contributed by atoms with E-state index in [4.69, 9.17) is 9.47 Å². The number of ether oxygens (including phenoxy) is 2. The van der Waals surface area contributed by atoms with Crippen LogP contribution in [0.4, 0.5) is 0 Å². The summed E-state index contributed by atoms with van der Waals surface area (Å²) < 4.78 is 12.5. The average molecular weight is 546 g/mol. The quantitative estimate of drug-likeness (QED) is 0.427. The first-order valence-electron chi connectivity index (χ1n) is 15.9. The third-order valence-electron chi connectivity index (χ3n) is 14.5. The summed E-state index contributed by atoms with van der Waals surface area (Å²) in [7, 11) is 2.14. The van der Waals surface area contributed by atoms with Crippen LogP contribution in [0.2, 0.25) is 0 Å². The Hall–Kier alpha value is -0.690. The Morgan fingerprint density at radius 2 is 1.69 bits per heavy atom. The van der Waals surface area contributed by atoms with Crippen molar-refractivity contribution in [1.29, 1.82) is 0 Å².